The summed E-state index contributed by atoms with van der Waals surface area (Å²) in [5.74, 6) is -2.36. The minimum Gasteiger partial charge on any atom is -0.480 e. The van der Waals surface area contributed by atoms with Gasteiger partial charge in [-0.1, -0.05) is 200 Å². The van der Waals surface area contributed by atoms with Gasteiger partial charge in [0, 0.05) is 12.8 Å². The van der Waals surface area contributed by atoms with Crippen molar-refractivity contribution in [3.05, 3.63) is 0 Å². The summed E-state index contributed by atoms with van der Waals surface area (Å²) in [6, 6.07) is -1.52. The van der Waals surface area contributed by atoms with Crippen molar-refractivity contribution in [1.29, 1.82) is 0 Å². The Labute approximate surface area is 335 Å². The summed E-state index contributed by atoms with van der Waals surface area (Å²) < 4.78 is 32.7. The van der Waals surface area contributed by atoms with Crippen LogP contribution in [0.4, 0.5) is 0 Å². The lowest BCUT2D eigenvalue weighted by molar-refractivity contribution is -0.161. The average molecular weight is 806 g/mol. The SMILES string of the molecule is CCCCCCCCCCCCCCCCCCCCCCC(=O)OC[C@@H](COP(=O)(O)OC[C@@H](N)C(=O)O)OC(=O)CCCCCCCCCCCCC. The number of rotatable bonds is 43. The molecule has 0 bridgehead atoms. The molecule has 3 atom stereocenters. The number of carboxylic acid groups (broad SMARTS) is 1. The third kappa shape index (κ3) is 39.1. The Kier molecular flexibility index (Phi) is 38.2. The molecule has 0 aliphatic rings. The van der Waals surface area contributed by atoms with E-state index in [1.165, 1.54) is 148 Å². The summed E-state index contributed by atoms with van der Waals surface area (Å²) in [5, 5.41) is 8.88. The summed E-state index contributed by atoms with van der Waals surface area (Å²) in [6.07, 6.45) is 37.4. The number of carbonyl (C=O) groups excluding carboxylic acids is 2. The van der Waals surface area contributed by atoms with Crippen LogP contribution in [0.15, 0.2) is 0 Å². The Morgan fingerprint density at radius 1 is 0.491 bits per heavy atom. The number of carbonyl (C=O) groups is 3. The highest BCUT2D eigenvalue weighted by atomic mass is 31.2. The Morgan fingerprint density at radius 3 is 1.15 bits per heavy atom. The fourth-order valence-corrected chi connectivity index (χ4v) is 7.32. The summed E-state index contributed by atoms with van der Waals surface area (Å²) >= 11 is 0. The average Bonchev–Trinajstić information content (AvgIpc) is 3.16. The van der Waals surface area contributed by atoms with Crippen LogP contribution < -0.4 is 5.73 Å². The van der Waals surface area contributed by atoms with E-state index in [2.05, 4.69) is 18.4 Å². The van der Waals surface area contributed by atoms with Crippen molar-refractivity contribution < 1.29 is 47.5 Å². The lowest BCUT2D eigenvalue weighted by Crippen LogP contribution is -2.34. The zero-order valence-corrected chi connectivity index (χ0v) is 36.2. The fraction of sp³-hybridized carbons (Fsp3) is 0.930. The molecule has 55 heavy (non-hydrogen) atoms. The largest absolute Gasteiger partial charge is 0.480 e. The van der Waals surface area contributed by atoms with Crippen LogP contribution in [0.5, 0.6) is 0 Å². The molecule has 0 rings (SSSR count). The summed E-state index contributed by atoms with van der Waals surface area (Å²) in [6.45, 7) is 2.82. The smallest absolute Gasteiger partial charge is 0.472 e. The van der Waals surface area contributed by atoms with Crippen molar-refractivity contribution in [3.63, 3.8) is 0 Å². The van der Waals surface area contributed by atoms with Crippen molar-refractivity contribution in [2.45, 2.75) is 238 Å². The van der Waals surface area contributed by atoms with E-state index in [-0.39, 0.29) is 19.4 Å². The predicted octanol–water partition coefficient (Wildman–Crippen LogP) is 11.9. The van der Waals surface area contributed by atoms with E-state index >= 15 is 0 Å². The topological polar surface area (TPSA) is 172 Å². The minimum atomic E-state index is -4.70. The highest BCUT2D eigenvalue weighted by Crippen LogP contribution is 2.43. The number of phosphoric ester groups is 1. The van der Waals surface area contributed by atoms with Crippen molar-refractivity contribution in [3.8, 4) is 0 Å². The van der Waals surface area contributed by atoms with Gasteiger partial charge < -0.3 is 25.2 Å². The van der Waals surface area contributed by atoms with Crippen LogP contribution in [0.3, 0.4) is 0 Å². The number of hydrogen-bond donors (Lipinski definition) is 3. The lowest BCUT2D eigenvalue weighted by Gasteiger charge is -2.20. The Hall–Kier alpha value is -1.52. The van der Waals surface area contributed by atoms with E-state index in [0.29, 0.717) is 12.8 Å². The van der Waals surface area contributed by atoms with Crippen molar-refractivity contribution >= 4 is 25.7 Å². The first-order valence-electron chi connectivity index (χ1n) is 22.6. The third-order valence-corrected chi connectivity index (χ3v) is 11.1. The molecule has 0 amide bonds. The highest BCUT2D eigenvalue weighted by molar-refractivity contribution is 7.47. The van der Waals surface area contributed by atoms with Gasteiger partial charge in [0.25, 0.3) is 0 Å². The van der Waals surface area contributed by atoms with Gasteiger partial charge in [-0.2, -0.15) is 0 Å². The maximum Gasteiger partial charge on any atom is 0.472 e. The first-order chi connectivity index (χ1) is 26.6. The molecule has 1 unspecified atom stereocenters. The number of hydrogen-bond acceptors (Lipinski definition) is 9. The van der Waals surface area contributed by atoms with E-state index < -0.39 is 51.1 Å². The van der Waals surface area contributed by atoms with Gasteiger partial charge in [0.05, 0.1) is 13.2 Å². The number of aliphatic carboxylic acids is 1. The van der Waals surface area contributed by atoms with Gasteiger partial charge in [-0.3, -0.25) is 23.4 Å². The molecule has 326 valence electrons. The van der Waals surface area contributed by atoms with E-state index in [1.807, 2.05) is 0 Å². The second-order valence-electron chi connectivity index (χ2n) is 15.6. The monoisotopic (exact) mass is 806 g/mol. The maximum atomic E-state index is 12.6. The summed E-state index contributed by atoms with van der Waals surface area (Å²) in [4.78, 5) is 45.9. The molecule has 0 radical (unpaired) electrons. The number of phosphoric acid groups is 1. The summed E-state index contributed by atoms with van der Waals surface area (Å²) in [5.41, 5.74) is 5.33. The van der Waals surface area contributed by atoms with Gasteiger partial charge in [0.1, 0.15) is 12.6 Å². The van der Waals surface area contributed by atoms with Gasteiger partial charge in [-0.05, 0) is 12.8 Å². The minimum absolute atomic E-state index is 0.168. The number of unbranched alkanes of at least 4 members (excludes halogenated alkanes) is 29. The third-order valence-electron chi connectivity index (χ3n) is 10.1. The van der Waals surface area contributed by atoms with E-state index in [1.54, 1.807) is 0 Å². The molecule has 0 aromatic rings. The van der Waals surface area contributed by atoms with Crippen molar-refractivity contribution in [2.24, 2.45) is 5.73 Å². The van der Waals surface area contributed by atoms with Gasteiger partial charge in [0.15, 0.2) is 6.10 Å². The zero-order valence-electron chi connectivity index (χ0n) is 35.3. The molecule has 12 heteroatoms. The van der Waals surface area contributed by atoms with E-state index in [4.69, 9.17) is 24.8 Å². The van der Waals surface area contributed by atoms with Crippen LogP contribution >= 0.6 is 7.82 Å². The van der Waals surface area contributed by atoms with E-state index in [0.717, 1.165) is 38.5 Å². The maximum absolute atomic E-state index is 12.6. The molecule has 0 aliphatic carbocycles. The van der Waals surface area contributed by atoms with Crippen LogP contribution in [0, 0.1) is 0 Å². The van der Waals surface area contributed by atoms with Gasteiger partial charge in [0.2, 0.25) is 0 Å². The predicted molar refractivity (Wildman–Crippen MR) is 222 cm³/mol. The molecule has 0 heterocycles. The molecule has 0 saturated heterocycles. The lowest BCUT2D eigenvalue weighted by atomic mass is 10.0. The quantitative estimate of drug-likeness (QED) is 0.0304. The molecule has 0 aromatic carbocycles. The van der Waals surface area contributed by atoms with Crippen LogP contribution in [-0.4, -0.2) is 59.9 Å². The molecule has 0 fully saturated rings. The molecule has 0 spiro atoms. The number of ether oxygens (including phenoxy) is 2. The molecule has 0 saturated carbocycles. The van der Waals surface area contributed by atoms with Crippen molar-refractivity contribution in [1.82, 2.24) is 0 Å². The standard InChI is InChI=1S/C43H84NO10P/c1-3-5-7-9-11-13-15-16-17-18-19-20-21-22-23-25-26-28-30-32-34-41(45)51-36-39(37-52-55(49,50)53-38-40(44)43(47)48)54-42(46)35-33-31-29-27-24-14-12-10-8-6-4-2/h39-40H,3-38,44H2,1-2H3,(H,47,48)(H,49,50)/t39-,40+/m0/s1. The van der Waals surface area contributed by atoms with Crippen LogP contribution in [0.1, 0.15) is 226 Å². The first-order valence-corrected chi connectivity index (χ1v) is 24.1. The molecular weight excluding hydrogens is 721 g/mol. The molecule has 11 nitrogen and oxygen atoms in total. The Bertz CT molecular complexity index is 952. The first kappa shape index (κ1) is 53.5. The number of carboxylic acids is 1. The fourth-order valence-electron chi connectivity index (χ4n) is 6.54. The highest BCUT2D eigenvalue weighted by Gasteiger charge is 2.28. The Morgan fingerprint density at radius 2 is 0.800 bits per heavy atom. The van der Waals surface area contributed by atoms with Crippen LogP contribution in [-0.2, 0) is 37.5 Å². The zero-order chi connectivity index (χ0) is 40.7. The number of esters is 2. The van der Waals surface area contributed by atoms with Gasteiger partial charge >= 0.3 is 25.7 Å². The van der Waals surface area contributed by atoms with Crippen LogP contribution in [0.2, 0.25) is 0 Å². The second-order valence-corrected chi connectivity index (χ2v) is 17.0. The summed E-state index contributed by atoms with van der Waals surface area (Å²) in [7, 11) is -4.70. The normalized spacial score (nSPS) is 13.7. The molecular formula is C43H84NO10P. The van der Waals surface area contributed by atoms with E-state index in [9.17, 15) is 23.8 Å². The van der Waals surface area contributed by atoms with Crippen LogP contribution in [0.25, 0.3) is 0 Å². The second kappa shape index (κ2) is 39.3. The number of nitrogens with two attached hydrogens (primary N) is 1. The van der Waals surface area contributed by atoms with Gasteiger partial charge in [-0.15, -0.1) is 0 Å². The molecule has 0 aromatic heterocycles. The van der Waals surface area contributed by atoms with Gasteiger partial charge in [-0.25, -0.2) is 4.57 Å². The van der Waals surface area contributed by atoms with Crippen molar-refractivity contribution in [2.75, 3.05) is 19.8 Å². The molecule has 4 N–H and O–H groups in total. The Balaban J connectivity index is 4.20. The molecule has 0 aliphatic heterocycles.